The fourth-order valence-electron chi connectivity index (χ4n) is 2.98. The lowest BCUT2D eigenvalue weighted by atomic mass is 10.1. The van der Waals surface area contributed by atoms with Gasteiger partial charge in [-0.05, 0) is 53.6 Å². The molecule has 0 atom stereocenters. The number of rotatable bonds is 10. The topological polar surface area (TPSA) is 104 Å². The molecule has 0 fully saturated rings. The van der Waals surface area contributed by atoms with Crippen LogP contribution >= 0.6 is 0 Å². The molecule has 0 amide bonds. The van der Waals surface area contributed by atoms with Crippen LogP contribution in [-0.2, 0) is 11.4 Å². The number of ether oxygens (including phenoxy) is 2. The predicted octanol–water partition coefficient (Wildman–Crippen LogP) is 3.91. The number of aliphatic hydroxyl groups is 2. The highest BCUT2D eigenvalue weighted by molar-refractivity contribution is 6.01. The highest BCUT2D eigenvalue weighted by Gasteiger charge is 2.07. The van der Waals surface area contributed by atoms with Crippen molar-refractivity contribution < 1.29 is 24.5 Å². The first-order valence-corrected chi connectivity index (χ1v) is 10.2. The standard InChI is InChI=1S/C26H24N2O5/c1-31-28-25(21-5-3-2-4-6-21)18-33-23-11-7-19(8-12-23)17-32-24-13-9-20(10-14-24)22(16-27)15-26(29)30/h2-15,26,29-30H,17-18H2,1H3/b22-15+,28-25+. The summed E-state index contributed by atoms with van der Waals surface area (Å²) in [6.45, 7) is 0.628. The minimum atomic E-state index is -1.68. The molecule has 2 N–H and O–H groups in total. The molecular weight excluding hydrogens is 420 g/mol. The maximum Gasteiger partial charge on any atom is 0.172 e. The Morgan fingerprint density at radius 3 is 2.15 bits per heavy atom. The number of oxime groups is 1. The van der Waals surface area contributed by atoms with Crippen LogP contribution < -0.4 is 9.47 Å². The van der Waals surface area contributed by atoms with Gasteiger partial charge in [0.1, 0.15) is 37.5 Å². The number of benzene rings is 3. The van der Waals surface area contributed by atoms with Crippen LogP contribution in [0.15, 0.2) is 90.1 Å². The second-order valence-electron chi connectivity index (χ2n) is 6.94. The van der Waals surface area contributed by atoms with E-state index < -0.39 is 6.29 Å². The molecule has 0 saturated heterocycles. The first-order chi connectivity index (χ1) is 16.1. The molecule has 0 aliphatic carbocycles. The summed E-state index contributed by atoms with van der Waals surface area (Å²) in [7, 11) is 1.50. The smallest absolute Gasteiger partial charge is 0.172 e. The Kier molecular flexibility index (Phi) is 8.60. The van der Waals surface area contributed by atoms with Crippen molar-refractivity contribution in [3.63, 3.8) is 0 Å². The number of nitrogens with zero attached hydrogens (tertiary/aromatic N) is 2. The van der Waals surface area contributed by atoms with E-state index in [2.05, 4.69) is 5.16 Å². The van der Waals surface area contributed by atoms with Crippen molar-refractivity contribution >= 4 is 11.3 Å². The fraction of sp³-hybridized carbons (Fsp3) is 0.154. The molecule has 168 valence electrons. The van der Waals surface area contributed by atoms with E-state index in [-0.39, 0.29) is 12.2 Å². The largest absolute Gasteiger partial charge is 0.489 e. The number of hydrogen-bond donors (Lipinski definition) is 2. The lowest BCUT2D eigenvalue weighted by Crippen LogP contribution is -2.13. The molecule has 0 radical (unpaired) electrons. The third-order valence-corrected chi connectivity index (χ3v) is 4.61. The summed E-state index contributed by atoms with van der Waals surface area (Å²) >= 11 is 0. The molecule has 0 aliphatic rings. The van der Waals surface area contributed by atoms with Gasteiger partial charge in [-0.1, -0.05) is 47.6 Å². The average Bonchev–Trinajstić information content (AvgIpc) is 2.85. The summed E-state index contributed by atoms with van der Waals surface area (Å²) in [5.41, 5.74) is 3.34. The Morgan fingerprint density at radius 1 is 0.909 bits per heavy atom. The summed E-state index contributed by atoms with van der Waals surface area (Å²) in [4.78, 5) is 4.93. The van der Waals surface area contributed by atoms with Crippen LogP contribution in [0.25, 0.3) is 5.57 Å². The van der Waals surface area contributed by atoms with Gasteiger partial charge in [-0.3, -0.25) is 0 Å². The maximum absolute atomic E-state index is 9.13. The molecule has 0 aliphatic heterocycles. The highest BCUT2D eigenvalue weighted by Crippen LogP contribution is 2.20. The van der Waals surface area contributed by atoms with Crippen LogP contribution in [-0.4, -0.2) is 35.9 Å². The molecule has 3 aromatic rings. The van der Waals surface area contributed by atoms with Crippen molar-refractivity contribution in [1.82, 2.24) is 0 Å². The number of allylic oxidation sites excluding steroid dienone is 1. The van der Waals surface area contributed by atoms with E-state index in [1.807, 2.05) is 60.7 Å². The van der Waals surface area contributed by atoms with Gasteiger partial charge in [-0.2, -0.15) is 5.26 Å². The first kappa shape index (κ1) is 23.5. The third kappa shape index (κ3) is 7.21. The van der Waals surface area contributed by atoms with Crippen molar-refractivity contribution in [3.8, 4) is 17.6 Å². The van der Waals surface area contributed by atoms with E-state index in [1.54, 1.807) is 24.3 Å². The molecule has 0 heterocycles. The average molecular weight is 444 g/mol. The zero-order valence-corrected chi connectivity index (χ0v) is 18.1. The number of aliphatic hydroxyl groups excluding tert-OH is 1. The van der Waals surface area contributed by atoms with Crippen molar-refractivity contribution in [2.75, 3.05) is 13.7 Å². The predicted molar refractivity (Wildman–Crippen MR) is 125 cm³/mol. The highest BCUT2D eigenvalue weighted by atomic mass is 16.6. The van der Waals surface area contributed by atoms with Gasteiger partial charge in [0.2, 0.25) is 0 Å². The molecule has 0 spiro atoms. The lowest BCUT2D eigenvalue weighted by Gasteiger charge is -2.10. The Hall–Kier alpha value is -4.12. The van der Waals surface area contributed by atoms with Crippen LogP contribution in [0.3, 0.4) is 0 Å². The molecule has 0 aromatic heterocycles. The Morgan fingerprint density at radius 2 is 1.55 bits per heavy atom. The van der Waals surface area contributed by atoms with Gasteiger partial charge in [-0.25, -0.2) is 0 Å². The molecule has 7 nitrogen and oxygen atoms in total. The van der Waals surface area contributed by atoms with E-state index >= 15 is 0 Å². The zero-order chi connectivity index (χ0) is 23.5. The summed E-state index contributed by atoms with van der Waals surface area (Å²) in [5.74, 6) is 1.33. The minimum absolute atomic E-state index is 0.179. The molecule has 3 aromatic carbocycles. The number of nitriles is 1. The monoisotopic (exact) mass is 444 g/mol. The van der Waals surface area contributed by atoms with E-state index in [9.17, 15) is 0 Å². The van der Waals surface area contributed by atoms with Crippen LogP contribution in [0.5, 0.6) is 11.5 Å². The molecule has 7 heteroatoms. The Balaban J connectivity index is 1.54. The van der Waals surface area contributed by atoms with Gasteiger partial charge in [0, 0.05) is 5.56 Å². The normalized spacial score (nSPS) is 11.7. The quantitative estimate of drug-likeness (QED) is 0.213. The molecule has 0 saturated carbocycles. The zero-order valence-electron chi connectivity index (χ0n) is 18.1. The van der Waals surface area contributed by atoms with Crippen molar-refractivity contribution in [1.29, 1.82) is 5.26 Å². The van der Waals surface area contributed by atoms with E-state index in [0.717, 1.165) is 17.2 Å². The summed E-state index contributed by atoms with van der Waals surface area (Å²) in [6.07, 6.45) is -0.608. The molecule has 0 unspecified atom stereocenters. The third-order valence-electron chi connectivity index (χ3n) is 4.61. The van der Waals surface area contributed by atoms with Gasteiger partial charge in [0.05, 0.1) is 11.6 Å². The second kappa shape index (κ2) is 12.1. The van der Waals surface area contributed by atoms with Gasteiger partial charge in [0.15, 0.2) is 6.29 Å². The molecule has 3 rings (SSSR count). The van der Waals surface area contributed by atoms with Crippen molar-refractivity contribution in [2.24, 2.45) is 5.16 Å². The second-order valence-corrected chi connectivity index (χ2v) is 6.94. The summed E-state index contributed by atoms with van der Waals surface area (Å²) in [5, 5.41) is 31.2. The minimum Gasteiger partial charge on any atom is -0.489 e. The first-order valence-electron chi connectivity index (χ1n) is 10.2. The Bertz CT molecular complexity index is 1120. The lowest BCUT2D eigenvalue weighted by molar-refractivity contribution is 0.00284. The summed E-state index contributed by atoms with van der Waals surface area (Å²) < 4.78 is 11.6. The van der Waals surface area contributed by atoms with Gasteiger partial charge < -0.3 is 24.5 Å². The SMILES string of the molecule is CO/N=C(\COc1ccc(COc2ccc(/C(C#N)=C/C(O)O)cc2)cc1)c1ccccc1. The molecular formula is C26H24N2O5. The van der Waals surface area contributed by atoms with Crippen LogP contribution in [0, 0.1) is 11.3 Å². The van der Waals surface area contributed by atoms with E-state index in [0.29, 0.717) is 29.4 Å². The van der Waals surface area contributed by atoms with Gasteiger partial charge in [0.25, 0.3) is 0 Å². The van der Waals surface area contributed by atoms with E-state index in [1.165, 1.54) is 7.11 Å². The van der Waals surface area contributed by atoms with Crippen molar-refractivity contribution in [3.05, 3.63) is 102 Å². The molecule has 33 heavy (non-hydrogen) atoms. The maximum atomic E-state index is 9.13. The van der Waals surface area contributed by atoms with Gasteiger partial charge in [-0.15, -0.1) is 0 Å². The van der Waals surface area contributed by atoms with Crippen LogP contribution in [0.4, 0.5) is 0 Å². The van der Waals surface area contributed by atoms with Gasteiger partial charge >= 0.3 is 0 Å². The van der Waals surface area contributed by atoms with E-state index in [4.69, 9.17) is 29.8 Å². The van der Waals surface area contributed by atoms with Crippen molar-refractivity contribution in [2.45, 2.75) is 12.9 Å². The van der Waals surface area contributed by atoms with Crippen LogP contribution in [0.2, 0.25) is 0 Å². The summed E-state index contributed by atoms with van der Waals surface area (Å²) in [6, 6.07) is 26.0. The number of hydrogen-bond acceptors (Lipinski definition) is 7. The Labute approximate surface area is 192 Å². The molecule has 0 bridgehead atoms. The van der Waals surface area contributed by atoms with Crippen LogP contribution in [0.1, 0.15) is 16.7 Å². The fourth-order valence-corrected chi connectivity index (χ4v) is 2.98.